The highest BCUT2D eigenvalue weighted by molar-refractivity contribution is 5.64. The van der Waals surface area contributed by atoms with Crippen LogP contribution in [0.5, 0.6) is 0 Å². The molecule has 0 aliphatic carbocycles. The van der Waals surface area contributed by atoms with Crippen LogP contribution < -0.4 is 5.32 Å². The van der Waals surface area contributed by atoms with E-state index in [9.17, 15) is 4.79 Å². The number of hydrogen-bond acceptors (Lipinski definition) is 2. The third-order valence-electron chi connectivity index (χ3n) is 1.67. The summed E-state index contributed by atoms with van der Waals surface area (Å²) in [5.74, 6) is 0. The van der Waals surface area contributed by atoms with Gasteiger partial charge in [-0.3, -0.25) is 4.79 Å². The molecule has 12 heavy (non-hydrogen) atoms. The Kier molecular flexibility index (Phi) is 3.33. The van der Waals surface area contributed by atoms with E-state index in [0.29, 0.717) is 0 Å². The Bertz CT molecular complexity index is 233. The average Bonchev–Trinajstić information content (AvgIpc) is 2.16. The number of rotatable bonds is 4. The van der Waals surface area contributed by atoms with Gasteiger partial charge in [-0.1, -0.05) is 25.1 Å². The molecular weight excluding hydrogens is 150 g/mol. The molecule has 1 N–H and O–H groups in total. The van der Waals surface area contributed by atoms with Crippen molar-refractivity contribution in [3.63, 3.8) is 0 Å². The van der Waals surface area contributed by atoms with Crippen molar-refractivity contribution in [3.05, 3.63) is 30.3 Å². The molecule has 0 saturated heterocycles. The van der Waals surface area contributed by atoms with Crippen LogP contribution in [0.2, 0.25) is 0 Å². The minimum Gasteiger partial charge on any atom is -0.375 e. The molecule has 0 aliphatic heterocycles. The molecule has 2 heteroatoms. The van der Waals surface area contributed by atoms with E-state index in [1.54, 1.807) is 0 Å². The van der Waals surface area contributed by atoms with Crippen molar-refractivity contribution in [2.24, 2.45) is 0 Å². The lowest BCUT2D eigenvalue weighted by molar-refractivity contribution is 0.543. The van der Waals surface area contributed by atoms with Crippen molar-refractivity contribution < 1.29 is 4.79 Å². The van der Waals surface area contributed by atoms with Crippen LogP contribution in [0.1, 0.15) is 13.3 Å². The molecule has 63 valence electrons. The fourth-order valence-electron chi connectivity index (χ4n) is 0.950. The fraction of sp³-hybridized carbons (Fsp3) is 0.300. The van der Waals surface area contributed by atoms with Gasteiger partial charge >= 0.3 is 0 Å². The Morgan fingerprint density at radius 2 is 2.08 bits per heavy atom. The lowest BCUT2D eigenvalue weighted by atomic mass is 10.2. The maximum atomic E-state index is 10.4. The van der Waals surface area contributed by atoms with Crippen molar-refractivity contribution in [2.45, 2.75) is 19.4 Å². The number of para-hydroxylation sites is 1. The highest BCUT2D eigenvalue weighted by atomic mass is 16.1. The van der Waals surface area contributed by atoms with Crippen LogP contribution in [0.15, 0.2) is 30.3 Å². The second kappa shape index (κ2) is 4.54. The first kappa shape index (κ1) is 8.78. The molecular formula is C10H12NO. The third kappa shape index (κ3) is 2.38. The van der Waals surface area contributed by atoms with Gasteiger partial charge in [0.05, 0.1) is 6.04 Å². The summed E-state index contributed by atoms with van der Waals surface area (Å²) in [5, 5.41) is 3.05. The van der Waals surface area contributed by atoms with Crippen LogP contribution >= 0.6 is 0 Å². The van der Waals surface area contributed by atoms with Crippen LogP contribution in [0.25, 0.3) is 0 Å². The van der Waals surface area contributed by atoms with Gasteiger partial charge in [-0.25, -0.2) is 0 Å². The Labute approximate surface area is 72.6 Å². The number of carbonyl (C=O) groups excluding carboxylic acids is 1. The Morgan fingerprint density at radius 1 is 1.42 bits per heavy atom. The first-order chi connectivity index (χ1) is 5.86. The summed E-state index contributed by atoms with van der Waals surface area (Å²) in [7, 11) is 0. The molecule has 0 fully saturated rings. The zero-order valence-corrected chi connectivity index (χ0v) is 7.08. The molecule has 1 aromatic rings. The lowest BCUT2D eigenvalue weighted by Gasteiger charge is -2.09. The summed E-state index contributed by atoms with van der Waals surface area (Å²) < 4.78 is 0. The van der Waals surface area contributed by atoms with Crippen molar-refractivity contribution in [1.29, 1.82) is 0 Å². The number of benzene rings is 1. The summed E-state index contributed by atoms with van der Waals surface area (Å²) in [4.78, 5) is 10.4. The Morgan fingerprint density at radius 3 is 2.58 bits per heavy atom. The van der Waals surface area contributed by atoms with Crippen molar-refractivity contribution in [1.82, 2.24) is 0 Å². The summed E-state index contributed by atoms with van der Waals surface area (Å²) >= 11 is 0. The predicted molar refractivity (Wildman–Crippen MR) is 49.8 cm³/mol. The summed E-state index contributed by atoms with van der Waals surface area (Å²) in [6.07, 6.45) is 2.70. The van der Waals surface area contributed by atoms with Crippen LogP contribution in [0, 0.1) is 0 Å². The second-order valence-electron chi connectivity index (χ2n) is 2.59. The predicted octanol–water partition coefficient (Wildman–Crippen LogP) is 1.99. The van der Waals surface area contributed by atoms with Gasteiger partial charge in [0.2, 0.25) is 6.29 Å². The van der Waals surface area contributed by atoms with E-state index in [2.05, 4.69) is 5.32 Å². The minimum absolute atomic E-state index is 0.188. The zero-order valence-electron chi connectivity index (χ0n) is 7.08. The van der Waals surface area contributed by atoms with Gasteiger partial charge in [0, 0.05) is 5.69 Å². The first-order valence-corrected chi connectivity index (χ1v) is 4.06. The van der Waals surface area contributed by atoms with Gasteiger partial charge in [-0.05, 0) is 18.6 Å². The molecule has 0 saturated carbocycles. The van der Waals surface area contributed by atoms with Gasteiger partial charge < -0.3 is 5.32 Å². The highest BCUT2D eigenvalue weighted by Crippen LogP contribution is 2.07. The van der Waals surface area contributed by atoms with Gasteiger partial charge in [0.15, 0.2) is 0 Å². The van der Waals surface area contributed by atoms with E-state index in [1.807, 2.05) is 43.5 Å². The maximum absolute atomic E-state index is 10.4. The number of anilines is 1. The highest BCUT2D eigenvalue weighted by Gasteiger charge is 2.03. The van der Waals surface area contributed by atoms with Crippen molar-refractivity contribution >= 4 is 12.0 Å². The molecule has 1 radical (unpaired) electrons. The second-order valence-corrected chi connectivity index (χ2v) is 2.59. The van der Waals surface area contributed by atoms with E-state index in [0.717, 1.165) is 12.1 Å². The Hall–Kier alpha value is -1.31. The maximum Gasteiger partial charge on any atom is 0.222 e. The van der Waals surface area contributed by atoms with Gasteiger partial charge in [0.1, 0.15) is 0 Å². The molecule has 0 aliphatic rings. The molecule has 1 rings (SSSR count). The SMILES string of the molecule is CCC([C]=O)Nc1ccccc1. The topological polar surface area (TPSA) is 29.1 Å². The van der Waals surface area contributed by atoms with Crippen molar-refractivity contribution in [2.75, 3.05) is 5.32 Å². The smallest absolute Gasteiger partial charge is 0.222 e. The molecule has 0 heterocycles. The van der Waals surface area contributed by atoms with E-state index < -0.39 is 0 Å². The largest absolute Gasteiger partial charge is 0.375 e. The van der Waals surface area contributed by atoms with Gasteiger partial charge in [0.25, 0.3) is 0 Å². The molecule has 1 atom stereocenters. The van der Waals surface area contributed by atoms with Gasteiger partial charge in [-0.15, -0.1) is 0 Å². The molecule has 0 aromatic heterocycles. The quantitative estimate of drug-likeness (QED) is 0.733. The molecule has 1 unspecified atom stereocenters. The fourth-order valence-corrected chi connectivity index (χ4v) is 0.950. The zero-order chi connectivity index (χ0) is 8.81. The summed E-state index contributed by atoms with van der Waals surface area (Å²) in [6, 6.07) is 9.48. The van der Waals surface area contributed by atoms with Crippen molar-refractivity contribution in [3.8, 4) is 0 Å². The van der Waals surface area contributed by atoms with Crippen LogP contribution in [-0.4, -0.2) is 12.3 Å². The van der Waals surface area contributed by atoms with E-state index >= 15 is 0 Å². The Balaban J connectivity index is 2.56. The van der Waals surface area contributed by atoms with Crippen LogP contribution in [-0.2, 0) is 4.79 Å². The summed E-state index contributed by atoms with van der Waals surface area (Å²) in [5.41, 5.74) is 0.965. The van der Waals surface area contributed by atoms with Crippen LogP contribution in [0.4, 0.5) is 5.69 Å². The number of hydrogen-bond donors (Lipinski definition) is 1. The van der Waals surface area contributed by atoms with E-state index in [1.165, 1.54) is 0 Å². The number of nitrogens with one attached hydrogen (secondary N) is 1. The molecule has 0 amide bonds. The average molecular weight is 162 g/mol. The molecule has 2 nitrogen and oxygen atoms in total. The van der Waals surface area contributed by atoms with Gasteiger partial charge in [-0.2, -0.15) is 0 Å². The summed E-state index contributed by atoms with van der Waals surface area (Å²) in [6.45, 7) is 1.95. The monoisotopic (exact) mass is 162 g/mol. The van der Waals surface area contributed by atoms with Crippen LogP contribution in [0.3, 0.4) is 0 Å². The lowest BCUT2D eigenvalue weighted by Crippen LogP contribution is -2.19. The first-order valence-electron chi connectivity index (χ1n) is 4.06. The van der Waals surface area contributed by atoms with E-state index in [-0.39, 0.29) is 6.04 Å². The molecule has 1 aromatic carbocycles. The van der Waals surface area contributed by atoms with E-state index in [4.69, 9.17) is 0 Å². The normalized spacial score (nSPS) is 12.1. The standard InChI is InChI=1S/C10H12NO/c1-2-9(8-12)11-10-6-4-3-5-7-10/h3-7,9,11H,2H2,1H3. The molecule has 0 spiro atoms. The minimum atomic E-state index is -0.188. The molecule has 0 bridgehead atoms. The third-order valence-corrected chi connectivity index (χ3v) is 1.67.